The SMILES string of the molecule is CCn1ncnc1CNc1ccc(C#N)c(Br)c1. The van der Waals surface area contributed by atoms with Gasteiger partial charge in [-0.1, -0.05) is 0 Å². The fourth-order valence-electron chi connectivity index (χ4n) is 1.59. The second-order valence-corrected chi connectivity index (χ2v) is 4.51. The first kappa shape index (κ1) is 12.6. The van der Waals surface area contributed by atoms with E-state index in [-0.39, 0.29) is 0 Å². The Balaban J connectivity index is 2.07. The zero-order chi connectivity index (χ0) is 13.0. The van der Waals surface area contributed by atoms with E-state index in [2.05, 4.69) is 37.4 Å². The largest absolute Gasteiger partial charge is 0.378 e. The van der Waals surface area contributed by atoms with Crippen LogP contribution in [0.15, 0.2) is 29.0 Å². The van der Waals surface area contributed by atoms with Crippen LogP contribution in [0, 0.1) is 11.3 Å². The third-order valence-electron chi connectivity index (χ3n) is 2.54. The molecular formula is C12H12BrN5. The van der Waals surface area contributed by atoms with Gasteiger partial charge >= 0.3 is 0 Å². The van der Waals surface area contributed by atoms with Crippen LogP contribution in [0.1, 0.15) is 18.3 Å². The van der Waals surface area contributed by atoms with Gasteiger partial charge in [-0.3, -0.25) is 0 Å². The molecule has 1 aromatic heterocycles. The van der Waals surface area contributed by atoms with Crippen LogP contribution in [0.2, 0.25) is 0 Å². The van der Waals surface area contributed by atoms with E-state index in [1.54, 1.807) is 12.4 Å². The monoisotopic (exact) mass is 305 g/mol. The number of nitrogens with zero attached hydrogens (tertiary/aromatic N) is 4. The molecule has 0 radical (unpaired) electrons. The molecule has 0 saturated carbocycles. The number of rotatable bonds is 4. The van der Waals surface area contributed by atoms with Crippen LogP contribution in [0.5, 0.6) is 0 Å². The Labute approximate surface area is 114 Å². The van der Waals surface area contributed by atoms with Gasteiger partial charge in [-0.15, -0.1) is 0 Å². The minimum absolute atomic E-state index is 0.603. The number of anilines is 1. The number of benzene rings is 1. The third-order valence-corrected chi connectivity index (χ3v) is 3.19. The van der Waals surface area contributed by atoms with E-state index in [1.165, 1.54) is 0 Å². The lowest BCUT2D eigenvalue weighted by Gasteiger charge is -2.07. The van der Waals surface area contributed by atoms with Gasteiger partial charge in [0.15, 0.2) is 0 Å². The van der Waals surface area contributed by atoms with E-state index in [9.17, 15) is 0 Å². The molecule has 0 saturated heterocycles. The van der Waals surface area contributed by atoms with Crippen molar-refractivity contribution in [3.05, 3.63) is 40.4 Å². The van der Waals surface area contributed by atoms with Gasteiger partial charge < -0.3 is 5.32 Å². The van der Waals surface area contributed by atoms with Gasteiger partial charge in [0.25, 0.3) is 0 Å². The van der Waals surface area contributed by atoms with E-state index in [0.717, 1.165) is 22.5 Å². The average Bonchev–Trinajstić information content (AvgIpc) is 2.84. The van der Waals surface area contributed by atoms with Crippen LogP contribution in [-0.4, -0.2) is 14.8 Å². The highest BCUT2D eigenvalue weighted by molar-refractivity contribution is 9.10. The Morgan fingerprint density at radius 3 is 3.00 bits per heavy atom. The van der Waals surface area contributed by atoms with Crippen LogP contribution in [0.4, 0.5) is 5.69 Å². The van der Waals surface area contributed by atoms with Crippen LogP contribution >= 0.6 is 15.9 Å². The number of aryl methyl sites for hydroxylation is 1. The fraction of sp³-hybridized carbons (Fsp3) is 0.250. The molecule has 0 amide bonds. The number of halogens is 1. The summed E-state index contributed by atoms with van der Waals surface area (Å²) in [5.74, 6) is 0.887. The highest BCUT2D eigenvalue weighted by atomic mass is 79.9. The molecule has 1 aromatic carbocycles. The molecule has 0 atom stereocenters. The summed E-state index contributed by atoms with van der Waals surface area (Å²) in [6.07, 6.45) is 1.55. The Bertz CT molecular complexity index is 584. The molecule has 0 bridgehead atoms. The maximum atomic E-state index is 8.84. The lowest BCUT2D eigenvalue weighted by atomic mass is 10.2. The molecule has 18 heavy (non-hydrogen) atoms. The summed E-state index contributed by atoms with van der Waals surface area (Å²) in [7, 11) is 0. The molecule has 92 valence electrons. The first-order valence-corrected chi connectivity index (χ1v) is 6.34. The van der Waals surface area contributed by atoms with Crippen molar-refractivity contribution in [1.29, 1.82) is 5.26 Å². The Morgan fingerprint density at radius 1 is 1.50 bits per heavy atom. The smallest absolute Gasteiger partial charge is 0.146 e. The average molecular weight is 306 g/mol. The standard InChI is InChI=1S/C12H12BrN5/c1-2-18-12(16-8-17-18)7-15-10-4-3-9(6-14)11(13)5-10/h3-5,8,15H,2,7H2,1H3. The highest BCUT2D eigenvalue weighted by Gasteiger charge is 2.04. The van der Waals surface area contributed by atoms with Gasteiger partial charge in [-0.05, 0) is 41.1 Å². The quantitative estimate of drug-likeness (QED) is 0.942. The van der Waals surface area contributed by atoms with Gasteiger partial charge in [-0.25, -0.2) is 9.67 Å². The van der Waals surface area contributed by atoms with Crippen molar-refractivity contribution < 1.29 is 0 Å². The summed E-state index contributed by atoms with van der Waals surface area (Å²) in [6, 6.07) is 7.64. The minimum atomic E-state index is 0.603. The normalized spacial score (nSPS) is 10.1. The second-order valence-electron chi connectivity index (χ2n) is 3.65. The fourth-order valence-corrected chi connectivity index (χ4v) is 2.05. The maximum absolute atomic E-state index is 8.84. The summed E-state index contributed by atoms with van der Waals surface area (Å²) < 4.78 is 2.62. The number of nitrogens with one attached hydrogen (secondary N) is 1. The Hall–Kier alpha value is -1.87. The lowest BCUT2D eigenvalue weighted by molar-refractivity contribution is 0.622. The van der Waals surface area contributed by atoms with Crippen molar-refractivity contribution in [2.75, 3.05) is 5.32 Å². The predicted molar refractivity (Wildman–Crippen MR) is 71.9 cm³/mol. The number of aromatic nitrogens is 3. The Kier molecular flexibility index (Phi) is 3.95. The number of hydrogen-bond acceptors (Lipinski definition) is 4. The van der Waals surface area contributed by atoms with E-state index >= 15 is 0 Å². The topological polar surface area (TPSA) is 66.5 Å². The van der Waals surface area contributed by atoms with Crippen LogP contribution < -0.4 is 5.32 Å². The van der Waals surface area contributed by atoms with Crippen LogP contribution in [-0.2, 0) is 13.1 Å². The first-order chi connectivity index (χ1) is 8.74. The van der Waals surface area contributed by atoms with Crippen LogP contribution in [0.3, 0.4) is 0 Å². The summed E-state index contributed by atoms with van der Waals surface area (Å²) in [6.45, 7) is 3.43. The molecule has 0 fully saturated rings. The van der Waals surface area contributed by atoms with Crippen molar-refractivity contribution in [3.8, 4) is 6.07 Å². The van der Waals surface area contributed by atoms with E-state index in [4.69, 9.17) is 5.26 Å². The van der Waals surface area contributed by atoms with Gasteiger partial charge in [0.2, 0.25) is 0 Å². The summed E-state index contributed by atoms with van der Waals surface area (Å²) in [5.41, 5.74) is 1.56. The van der Waals surface area contributed by atoms with Crippen LogP contribution in [0.25, 0.3) is 0 Å². The minimum Gasteiger partial charge on any atom is -0.378 e. The first-order valence-electron chi connectivity index (χ1n) is 5.54. The number of hydrogen-bond donors (Lipinski definition) is 1. The van der Waals surface area contributed by atoms with E-state index < -0.39 is 0 Å². The van der Waals surface area contributed by atoms with Gasteiger partial charge in [0.1, 0.15) is 18.2 Å². The molecule has 0 unspecified atom stereocenters. The molecule has 5 nitrogen and oxygen atoms in total. The van der Waals surface area contributed by atoms with Gasteiger partial charge in [0.05, 0.1) is 12.1 Å². The molecule has 2 aromatic rings. The summed E-state index contributed by atoms with van der Waals surface area (Å²) in [4.78, 5) is 4.18. The third kappa shape index (κ3) is 2.68. The predicted octanol–water partition coefficient (Wildman–Crippen LogP) is 2.54. The van der Waals surface area contributed by atoms with E-state index in [0.29, 0.717) is 12.1 Å². The van der Waals surface area contributed by atoms with Crippen molar-refractivity contribution in [2.45, 2.75) is 20.0 Å². The molecule has 0 aliphatic carbocycles. The lowest BCUT2D eigenvalue weighted by Crippen LogP contribution is -2.09. The number of nitriles is 1. The van der Waals surface area contributed by atoms with Crippen molar-refractivity contribution in [1.82, 2.24) is 14.8 Å². The Morgan fingerprint density at radius 2 is 2.33 bits per heavy atom. The maximum Gasteiger partial charge on any atom is 0.146 e. The zero-order valence-electron chi connectivity index (χ0n) is 9.89. The molecule has 1 heterocycles. The molecule has 0 aliphatic heterocycles. The van der Waals surface area contributed by atoms with Gasteiger partial charge in [0, 0.05) is 16.7 Å². The second kappa shape index (κ2) is 5.65. The molecule has 2 rings (SSSR count). The van der Waals surface area contributed by atoms with E-state index in [1.807, 2.05) is 23.7 Å². The molecule has 0 spiro atoms. The van der Waals surface area contributed by atoms with Crippen molar-refractivity contribution in [3.63, 3.8) is 0 Å². The zero-order valence-corrected chi connectivity index (χ0v) is 11.5. The molecule has 6 heteroatoms. The molecule has 1 N–H and O–H groups in total. The molecular weight excluding hydrogens is 294 g/mol. The van der Waals surface area contributed by atoms with Gasteiger partial charge in [-0.2, -0.15) is 10.4 Å². The van der Waals surface area contributed by atoms with Crippen molar-refractivity contribution in [2.24, 2.45) is 0 Å². The molecule has 0 aliphatic rings. The summed E-state index contributed by atoms with van der Waals surface area (Å²) in [5, 5.41) is 16.2. The highest BCUT2D eigenvalue weighted by Crippen LogP contribution is 2.21. The summed E-state index contributed by atoms with van der Waals surface area (Å²) >= 11 is 3.36. The van der Waals surface area contributed by atoms with Crippen molar-refractivity contribution >= 4 is 21.6 Å².